The van der Waals surface area contributed by atoms with Gasteiger partial charge in [0.2, 0.25) is 11.8 Å². The molecule has 4 aromatic rings. The minimum absolute atomic E-state index is 0.0452. The Morgan fingerprint density at radius 1 is 0.883 bits per heavy atom. The summed E-state index contributed by atoms with van der Waals surface area (Å²) in [6, 6.07) is 24.1. The van der Waals surface area contributed by atoms with Crippen molar-refractivity contribution < 1.29 is 46.6 Å². The molecule has 0 aromatic heterocycles. The summed E-state index contributed by atoms with van der Waals surface area (Å²) in [5, 5.41) is 17.8. The topological polar surface area (TPSA) is 170 Å². The van der Waals surface area contributed by atoms with Gasteiger partial charge in [-0.3, -0.25) is 34.2 Å². The summed E-state index contributed by atoms with van der Waals surface area (Å²) in [5.74, 6) is -2.71. The summed E-state index contributed by atoms with van der Waals surface area (Å²) in [5.41, 5.74) is 2.24. The molecule has 0 radical (unpaired) electrons. The van der Waals surface area contributed by atoms with Gasteiger partial charge in [0, 0.05) is 49.4 Å². The lowest BCUT2D eigenvalue weighted by molar-refractivity contribution is -0.138. The molecule has 13 nitrogen and oxygen atoms in total. The number of piperidine rings is 1. The standard InChI is InChI=1S/C44H41F3N6O7/c1-43(2)25-52(42(58)38(43)60-31-15-12-29(23-48)33(22-31)44(45,46)47)24-26-6-8-27(9-7-26)28-10-13-30(14-11-28)49-18-20-59-21-19-50-34-5-3-4-32-37(34)41(57)53(40(32)56)35-16-17-36(54)51-39(35)55/h3-15,22,35,38,49-50H,16-21,24-25H2,1-2H3,(H,51,54,55). The van der Waals surface area contributed by atoms with E-state index in [1.807, 2.05) is 62.4 Å². The van der Waals surface area contributed by atoms with Gasteiger partial charge in [0.1, 0.15) is 11.8 Å². The van der Waals surface area contributed by atoms with Crippen LogP contribution in [0, 0.1) is 16.7 Å². The van der Waals surface area contributed by atoms with Crippen molar-refractivity contribution in [3.63, 3.8) is 0 Å². The molecule has 3 N–H and O–H groups in total. The van der Waals surface area contributed by atoms with Crippen LogP contribution in [0.1, 0.15) is 64.1 Å². The number of fused-ring (bicyclic) bond motifs is 1. The number of hydrogen-bond acceptors (Lipinski definition) is 10. The number of hydrogen-bond donors (Lipinski definition) is 3. The minimum Gasteiger partial charge on any atom is -0.480 e. The van der Waals surface area contributed by atoms with Gasteiger partial charge in [0.15, 0.2) is 6.10 Å². The Labute approximate surface area is 343 Å². The van der Waals surface area contributed by atoms with Crippen molar-refractivity contribution in [2.45, 2.75) is 51.6 Å². The highest BCUT2D eigenvalue weighted by Crippen LogP contribution is 2.39. The molecule has 0 spiro atoms. The number of anilines is 2. The van der Waals surface area contributed by atoms with Crippen molar-refractivity contribution in [2.24, 2.45) is 5.41 Å². The normalized spacial score (nSPS) is 18.6. The number of rotatable bonds is 14. The number of nitrogens with one attached hydrogen (secondary N) is 3. The van der Waals surface area contributed by atoms with Gasteiger partial charge in [0.05, 0.1) is 41.5 Å². The number of alkyl halides is 3. The van der Waals surface area contributed by atoms with Crippen molar-refractivity contribution in [2.75, 3.05) is 43.5 Å². The number of amides is 5. The lowest BCUT2D eigenvalue weighted by Crippen LogP contribution is -2.54. The van der Waals surface area contributed by atoms with Gasteiger partial charge in [-0.05, 0) is 65.6 Å². The molecule has 310 valence electrons. The molecular weight excluding hydrogens is 782 g/mol. The second-order valence-electron chi connectivity index (χ2n) is 15.4. The fourth-order valence-electron chi connectivity index (χ4n) is 7.65. The molecule has 4 aromatic carbocycles. The fourth-order valence-corrected chi connectivity index (χ4v) is 7.65. The lowest BCUT2D eigenvalue weighted by atomic mass is 9.89. The van der Waals surface area contributed by atoms with Crippen LogP contribution in [0.2, 0.25) is 0 Å². The van der Waals surface area contributed by atoms with Gasteiger partial charge in [-0.1, -0.05) is 56.3 Å². The zero-order valence-corrected chi connectivity index (χ0v) is 32.7. The zero-order valence-electron chi connectivity index (χ0n) is 32.7. The second-order valence-corrected chi connectivity index (χ2v) is 15.4. The lowest BCUT2D eigenvalue weighted by Gasteiger charge is -2.27. The smallest absolute Gasteiger partial charge is 0.417 e. The SMILES string of the molecule is CC1(C)CN(Cc2ccc(-c3ccc(NCCOCCNc4cccc5c4C(=O)N(C4CCC(=O)NC4=O)C5=O)cc3)cc2)C(=O)C1Oc1ccc(C#N)c(C(F)(F)F)c1. The van der Waals surface area contributed by atoms with Crippen molar-refractivity contribution in [3.05, 3.63) is 113 Å². The molecule has 16 heteroatoms. The summed E-state index contributed by atoms with van der Waals surface area (Å²) >= 11 is 0. The van der Waals surface area contributed by atoms with E-state index in [-0.39, 0.29) is 35.6 Å². The largest absolute Gasteiger partial charge is 0.480 e. The highest BCUT2D eigenvalue weighted by molar-refractivity contribution is 6.25. The third kappa shape index (κ3) is 8.67. The Hall–Kier alpha value is -6.73. The van der Waals surface area contributed by atoms with E-state index in [0.29, 0.717) is 45.1 Å². The number of ether oxygens (including phenoxy) is 2. The van der Waals surface area contributed by atoms with Crippen LogP contribution in [0.3, 0.4) is 0 Å². The summed E-state index contributed by atoms with van der Waals surface area (Å²) in [7, 11) is 0. The van der Waals surface area contributed by atoms with Crippen LogP contribution < -0.4 is 20.7 Å². The van der Waals surface area contributed by atoms with Gasteiger partial charge in [-0.15, -0.1) is 0 Å². The van der Waals surface area contributed by atoms with Crippen molar-refractivity contribution >= 4 is 40.9 Å². The second kappa shape index (κ2) is 16.9. The maximum Gasteiger partial charge on any atom is 0.417 e. The first-order chi connectivity index (χ1) is 28.6. The van der Waals surface area contributed by atoms with Crippen LogP contribution in [0.5, 0.6) is 5.75 Å². The Morgan fingerprint density at radius 2 is 1.57 bits per heavy atom. The molecule has 0 aliphatic carbocycles. The average Bonchev–Trinajstić information content (AvgIpc) is 3.59. The monoisotopic (exact) mass is 822 g/mol. The first kappa shape index (κ1) is 41.4. The van der Waals surface area contributed by atoms with Crippen LogP contribution in [0.4, 0.5) is 24.5 Å². The van der Waals surface area contributed by atoms with E-state index in [1.165, 1.54) is 6.07 Å². The highest BCUT2D eigenvalue weighted by atomic mass is 19.4. The molecule has 7 rings (SSSR count). The zero-order chi connectivity index (χ0) is 42.8. The molecule has 0 bridgehead atoms. The minimum atomic E-state index is -4.74. The van der Waals surface area contributed by atoms with Crippen LogP contribution >= 0.6 is 0 Å². The third-order valence-corrected chi connectivity index (χ3v) is 10.7. The predicted molar refractivity (Wildman–Crippen MR) is 213 cm³/mol. The predicted octanol–water partition coefficient (Wildman–Crippen LogP) is 6.00. The molecular formula is C44H41F3N6O7. The Kier molecular flexibility index (Phi) is 11.6. The molecule has 5 amide bonds. The van der Waals surface area contributed by atoms with Crippen LogP contribution in [0.25, 0.3) is 11.1 Å². The Morgan fingerprint density at radius 3 is 2.23 bits per heavy atom. The molecule has 0 saturated carbocycles. The highest BCUT2D eigenvalue weighted by Gasteiger charge is 2.49. The number of nitriles is 1. The van der Waals surface area contributed by atoms with E-state index in [2.05, 4.69) is 16.0 Å². The summed E-state index contributed by atoms with van der Waals surface area (Å²) in [6.07, 6.45) is -5.62. The molecule has 2 fully saturated rings. The maximum atomic E-state index is 13.5. The number of nitrogens with zero attached hydrogens (tertiary/aromatic N) is 3. The van der Waals surface area contributed by atoms with Crippen molar-refractivity contribution in [1.29, 1.82) is 5.26 Å². The molecule has 2 unspecified atom stereocenters. The van der Waals surface area contributed by atoms with Gasteiger partial charge in [0.25, 0.3) is 17.7 Å². The first-order valence-electron chi connectivity index (χ1n) is 19.3. The number of carbonyl (C=O) groups is 5. The molecule has 2 atom stereocenters. The van der Waals surface area contributed by atoms with Crippen LogP contribution in [-0.2, 0) is 31.8 Å². The van der Waals surface area contributed by atoms with Crippen LogP contribution in [0.15, 0.2) is 84.9 Å². The van der Waals surface area contributed by atoms with Gasteiger partial charge < -0.3 is 25.0 Å². The number of imide groups is 2. The number of likely N-dealkylation sites (tertiary alicyclic amines) is 1. The molecule has 3 heterocycles. The van der Waals surface area contributed by atoms with Gasteiger partial charge in [-0.2, -0.15) is 18.4 Å². The fraction of sp³-hybridized carbons (Fsp3) is 0.318. The van der Waals surface area contributed by atoms with E-state index in [1.54, 1.807) is 29.2 Å². The van der Waals surface area contributed by atoms with E-state index >= 15 is 0 Å². The molecule has 3 aliphatic heterocycles. The quantitative estimate of drug-likeness (QED) is 0.101. The Balaban J connectivity index is 0.849. The number of carbonyl (C=O) groups excluding carboxylic acids is 5. The van der Waals surface area contributed by atoms with Crippen LogP contribution in [-0.4, -0.2) is 84.3 Å². The molecule has 60 heavy (non-hydrogen) atoms. The van der Waals surface area contributed by atoms with Crippen molar-refractivity contribution in [1.82, 2.24) is 15.1 Å². The summed E-state index contributed by atoms with van der Waals surface area (Å²) in [6.45, 7) is 5.90. The van der Waals surface area contributed by atoms with E-state index in [4.69, 9.17) is 14.7 Å². The van der Waals surface area contributed by atoms with Gasteiger partial charge in [-0.25, -0.2) is 0 Å². The van der Waals surface area contributed by atoms with E-state index in [0.717, 1.165) is 39.4 Å². The summed E-state index contributed by atoms with van der Waals surface area (Å²) in [4.78, 5) is 66.3. The average molecular weight is 823 g/mol. The van der Waals surface area contributed by atoms with E-state index in [9.17, 15) is 37.1 Å². The first-order valence-corrected chi connectivity index (χ1v) is 19.3. The van der Waals surface area contributed by atoms with Gasteiger partial charge >= 0.3 is 6.18 Å². The maximum absolute atomic E-state index is 13.5. The third-order valence-electron chi connectivity index (χ3n) is 10.7. The summed E-state index contributed by atoms with van der Waals surface area (Å²) < 4.78 is 52.2. The number of benzene rings is 4. The number of halogens is 3. The van der Waals surface area contributed by atoms with E-state index < -0.39 is 58.5 Å². The molecule has 2 saturated heterocycles. The van der Waals surface area contributed by atoms with Crippen molar-refractivity contribution in [3.8, 4) is 22.9 Å². The Bertz CT molecular complexity index is 2380. The molecule has 3 aliphatic rings.